The van der Waals surface area contributed by atoms with Crippen LogP contribution in [0.2, 0.25) is 0 Å². The summed E-state index contributed by atoms with van der Waals surface area (Å²) in [6.07, 6.45) is -3.74. The van der Waals surface area contributed by atoms with Crippen LogP contribution in [-0.2, 0) is 6.18 Å². The van der Waals surface area contributed by atoms with Crippen molar-refractivity contribution >= 4 is 28.6 Å². The lowest BCUT2D eigenvalue weighted by molar-refractivity contribution is -0.138. The van der Waals surface area contributed by atoms with E-state index in [1.807, 2.05) is 0 Å². The van der Waals surface area contributed by atoms with Crippen molar-refractivity contribution in [3.05, 3.63) is 75.6 Å². The Morgan fingerprint density at radius 1 is 1.07 bits per heavy atom. The highest BCUT2D eigenvalue weighted by Crippen LogP contribution is 2.34. The first-order valence-electron chi connectivity index (χ1n) is 7.97. The number of carboxylic acids is 1. The standard InChI is InChI=1S/C19H13F3N2O4/c1-10-13(19(20,21)22)6-4-7-14(10)23-18(28)24-9-12(17(26)27)16(25)11-5-2-3-8-15(11)24/h2-9H,1H3,(H,23,28)(H,26,27). The molecular weight excluding hydrogens is 377 g/mol. The predicted octanol–water partition coefficient (Wildman–Crippen LogP) is 4.11. The molecule has 0 spiro atoms. The van der Waals surface area contributed by atoms with Gasteiger partial charge in [-0.2, -0.15) is 13.2 Å². The molecule has 0 aliphatic rings. The van der Waals surface area contributed by atoms with Crippen molar-refractivity contribution in [2.45, 2.75) is 13.1 Å². The van der Waals surface area contributed by atoms with Crippen LogP contribution < -0.4 is 10.7 Å². The smallest absolute Gasteiger partial charge is 0.416 e. The molecule has 0 saturated heterocycles. The van der Waals surface area contributed by atoms with Gasteiger partial charge in [-0.05, 0) is 36.8 Å². The number of carboxylic acid groups (broad SMARTS) is 1. The van der Waals surface area contributed by atoms with Crippen molar-refractivity contribution in [2.75, 3.05) is 5.32 Å². The van der Waals surface area contributed by atoms with Crippen LogP contribution in [0.25, 0.3) is 10.9 Å². The highest BCUT2D eigenvalue weighted by atomic mass is 19.4. The average molecular weight is 390 g/mol. The minimum atomic E-state index is -4.59. The summed E-state index contributed by atoms with van der Waals surface area (Å²) in [4.78, 5) is 36.3. The number of alkyl halides is 3. The number of halogens is 3. The van der Waals surface area contributed by atoms with Gasteiger partial charge in [-0.15, -0.1) is 0 Å². The van der Waals surface area contributed by atoms with Gasteiger partial charge in [0.2, 0.25) is 5.43 Å². The number of amides is 1. The van der Waals surface area contributed by atoms with Gasteiger partial charge in [0, 0.05) is 17.3 Å². The lowest BCUT2D eigenvalue weighted by atomic mass is 10.1. The molecule has 2 N–H and O–H groups in total. The van der Waals surface area contributed by atoms with E-state index in [0.717, 1.165) is 22.9 Å². The number of carbonyl (C=O) groups is 2. The Morgan fingerprint density at radius 2 is 1.75 bits per heavy atom. The Labute approximate surface area is 155 Å². The van der Waals surface area contributed by atoms with E-state index in [-0.39, 0.29) is 22.2 Å². The molecule has 3 aromatic rings. The van der Waals surface area contributed by atoms with Gasteiger partial charge in [-0.3, -0.25) is 9.36 Å². The summed E-state index contributed by atoms with van der Waals surface area (Å²) in [6.45, 7) is 1.21. The van der Waals surface area contributed by atoms with Gasteiger partial charge >= 0.3 is 18.2 Å². The molecule has 0 saturated carbocycles. The molecule has 2 aromatic carbocycles. The second-order valence-electron chi connectivity index (χ2n) is 5.97. The maximum absolute atomic E-state index is 13.1. The van der Waals surface area contributed by atoms with Gasteiger partial charge in [-0.1, -0.05) is 18.2 Å². The number of hydrogen-bond donors (Lipinski definition) is 2. The molecule has 0 aliphatic carbocycles. The van der Waals surface area contributed by atoms with E-state index >= 15 is 0 Å². The monoisotopic (exact) mass is 390 g/mol. The van der Waals surface area contributed by atoms with Crippen LogP contribution in [0, 0.1) is 6.92 Å². The number of anilines is 1. The second-order valence-corrected chi connectivity index (χ2v) is 5.97. The third-order valence-corrected chi connectivity index (χ3v) is 4.24. The number of para-hydroxylation sites is 1. The Morgan fingerprint density at radius 3 is 2.39 bits per heavy atom. The molecule has 0 radical (unpaired) electrons. The highest BCUT2D eigenvalue weighted by molar-refractivity contribution is 6.01. The van der Waals surface area contributed by atoms with Crippen LogP contribution >= 0.6 is 0 Å². The first-order chi connectivity index (χ1) is 13.1. The molecule has 0 unspecified atom stereocenters. The zero-order valence-electron chi connectivity index (χ0n) is 14.4. The first-order valence-corrected chi connectivity index (χ1v) is 7.97. The number of hydrogen-bond acceptors (Lipinski definition) is 3. The maximum atomic E-state index is 13.1. The molecular formula is C19H13F3N2O4. The van der Waals surface area contributed by atoms with E-state index in [0.29, 0.717) is 0 Å². The lowest BCUT2D eigenvalue weighted by Crippen LogP contribution is -2.26. The van der Waals surface area contributed by atoms with Gasteiger partial charge in [0.05, 0.1) is 11.1 Å². The number of aromatic nitrogens is 1. The molecule has 1 amide bonds. The van der Waals surface area contributed by atoms with Crippen molar-refractivity contribution in [3.63, 3.8) is 0 Å². The van der Waals surface area contributed by atoms with Crippen LogP contribution in [-0.4, -0.2) is 21.7 Å². The quantitative estimate of drug-likeness (QED) is 0.689. The molecule has 0 bridgehead atoms. The molecule has 0 atom stereocenters. The van der Waals surface area contributed by atoms with Gasteiger partial charge < -0.3 is 10.4 Å². The minimum absolute atomic E-state index is 0.00156. The third-order valence-electron chi connectivity index (χ3n) is 4.24. The molecule has 0 aliphatic heterocycles. The molecule has 0 fully saturated rings. The number of rotatable bonds is 2. The zero-order chi connectivity index (χ0) is 20.6. The fourth-order valence-corrected chi connectivity index (χ4v) is 2.85. The topological polar surface area (TPSA) is 88.4 Å². The summed E-state index contributed by atoms with van der Waals surface area (Å²) in [5.74, 6) is -1.52. The number of nitrogens with one attached hydrogen (secondary N) is 1. The Balaban J connectivity index is 2.12. The maximum Gasteiger partial charge on any atom is 0.416 e. The molecule has 1 aromatic heterocycles. The summed E-state index contributed by atoms with van der Waals surface area (Å²) in [5, 5.41) is 11.6. The molecule has 1 heterocycles. The first kappa shape index (κ1) is 19.2. The number of fused-ring (bicyclic) bond motifs is 1. The Bertz CT molecular complexity index is 1170. The van der Waals surface area contributed by atoms with Crippen molar-refractivity contribution < 1.29 is 27.9 Å². The number of pyridine rings is 1. The molecule has 9 heteroatoms. The number of benzene rings is 2. The normalized spacial score (nSPS) is 11.4. The number of carbonyl (C=O) groups excluding carboxylic acids is 1. The van der Waals surface area contributed by atoms with E-state index < -0.39 is 34.7 Å². The van der Waals surface area contributed by atoms with Crippen LogP contribution in [0.5, 0.6) is 0 Å². The van der Waals surface area contributed by atoms with E-state index in [1.54, 1.807) is 6.07 Å². The van der Waals surface area contributed by atoms with Crippen molar-refractivity contribution in [1.29, 1.82) is 0 Å². The predicted molar refractivity (Wildman–Crippen MR) is 95.8 cm³/mol. The number of aromatic carboxylic acids is 1. The third kappa shape index (κ3) is 3.34. The molecule has 6 nitrogen and oxygen atoms in total. The second kappa shape index (κ2) is 6.84. The highest BCUT2D eigenvalue weighted by Gasteiger charge is 2.33. The van der Waals surface area contributed by atoms with E-state index in [9.17, 15) is 32.7 Å². The SMILES string of the molecule is Cc1c(NC(=O)n2cc(C(=O)O)c(=O)c3ccccc32)cccc1C(F)(F)F. The van der Waals surface area contributed by atoms with Gasteiger partial charge in [-0.25, -0.2) is 9.59 Å². The van der Waals surface area contributed by atoms with Crippen LogP contribution in [0.1, 0.15) is 21.5 Å². The summed E-state index contributed by atoms with van der Waals surface area (Å²) < 4.78 is 40.1. The lowest BCUT2D eigenvalue weighted by Gasteiger charge is -2.16. The fourth-order valence-electron chi connectivity index (χ4n) is 2.85. The van der Waals surface area contributed by atoms with E-state index in [2.05, 4.69) is 5.32 Å². The Hall–Kier alpha value is -3.62. The Kier molecular flexibility index (Phi) is 4.68. The van der Waals surface area contributed by atoms with Crippen molar-refractivity contribution in [3.8, 4) is 0 Å². The van der Waals surface area contributed by atoms with Crippen molar-refractivity contribution in [2.24, 2.45) is 0 Å². The van der Waals surface area contributed by atoms with E-state index in [1.165, 1.54) is 31.2 Å². The molecule has 3 rings (SSSR count). The average Bonchev–Trinajstić information content (AvgIpc) is 2.62. The largest absolute Gasteiger partial charge is 0.477 e. The summed E-state index contributed by atoms with van der Waals surface area (Å²) in [5.41, 5.74) is -2.44. The summed E-state index contributed by atoms with van der Waals surface area (Å²) in [6, 6.07) is 8.28. The van der Waals surface area contributed by atoms with Crippen LogP contribution in [0.4, 0.5) is 23.7 Å². The van der Waals surface area contributed by atoms with Gasteiger partial charge in [0.1, 0.15) is 5.56 Å². The zero-order valence-corrected chi connectivity index (χ0v) is 14.4. The van der Waals surface area contributed by atoms with E-state index in [4.69, 9.17) is 0 Å². The van der Waals surface area contributed by atoms with Crippen molar-refractivity contribution in [1.82, 2.24) is 4.57 Å². The van der Waals surface area contributed by atoms with Gasteiger partial charge in [0.25, 0.3) is 0 Å². The number of nitrogens with zero attached hydrogens (tertiary/aromatic N) is 1. The fraction of sp³-hybridized carbons (Fsp3) is 0.105. The minimum Gasteiger partial charge on any atom is -0.477 e. The summed E-state index contributed by atoms with van der Waals surface area (Å²) in [7, 11) is 0. The van der Waals surface area contributed by atoms with Gasteiger partial charge in [0.15, 0.2) is 0 Å². The molecule has 28 heavy (non-hydrogen) atoms. The van der Waals surface area contributed by atoms with Crippen LogP contribution in [0.15, 0.2) is 53.5 Å². The summed E-state index contributed by atoms with van der Waals surface area (Å²) >= 11 is 0. The molecule has 144 valence electrons. The van der Waals surface area contributed by atoms with Crippen LogP contribution in [0.3, 0.4) is 0 Å².